The Morgan fingerprint density at radius 2 is 1.79 bits per heavy atom. The lowest BCUT2D eigenvalue weighted by Gasteiger charge is -2.11. The minimum Gasteiger partial charge on any atom is -0.496 e. The van der Waals surface area contributed by atoms with E-state index in [4.69, 9.17) is 4.74 Å². The fourth-order valence-electron chi connectivity index (χ4n) is 1.37. The molecular weight excluding hydrogens is 180 g/mol. The minimum atomic E-state index is 0.449. The highest BCUT2D eigenvalue weighted by atomic mass is 16.5. The van der Waals surface area contributed by atoms with Gasteiger partial charge in [-0.1, -0.05) is 0 Å². The number of hydrogen-bond acceptors (Lipinski definition) is 3. The Balaban J connectivity index is 3.53. The standard InChI is InChI=1S/C11H12O3/c1-7-8(2)10(6-13)11(14-3)4-9(7)5-12/h4-6H,1-3H3. The lowest BCUT2D eigenvalue weighted by molar-refractivity contribution is 0.110. The summed E-state index contributed by atoms with van der Waals surface area (Å²) >= 11 is 0. The zero-order chi connectivity index (χ0) is 10.7. The van der Waals surface area contributed by atoms with E-state index in [1.54, 1.807) is 13.0 Å². The molecule has 0 heterocycles. The van der Waals surface area contributed by atoms with Crippen molar-refractivity contribution in [3.8, 4) is 5.75 Å². The van der Waals surface area contributed by atoms with E-state index < -0.39 is 0 Å². The highest BCUT2D eigenvalue weighted by Crippen LogP contribution is 2.25. The summed E-state index contributed by atoms with van der Waals surface area (Å²) in [7, 11) is 1.48. The molecule has 0 N–H and O–H groups in total. The largest absolute Gasteiger partial charge is 0.496 e. The Morgan fingerprint density at radius 3 is 2.21 bits per heavy atom. The predicted octanol–water partition coefficient (Wildman–Crippen LogP) is 1.94. The first kappa shape index (κ1) is 10.4. The molecule has 0 radical (unpaired) electrons. The maximum absolute atomic E-state index is 10.8. The van der Waals surface area contributed by atoms with Gasteiger partial charge in [-0.05, 0) is 31.0 Å². The SMILES string of the molecule is COc1cc(C=O)c(C)c(C)c1C=O. The van der Waals surface area contributed by atoms with Gasteiger partial charge in [-0.15, -0.1) is 0 Å². The molecule has 0 saturated heterocycles. The molecule has 0 aliphatic rings. The maximum atomic E-state index is 10.8. The van der Waals surface area contributed by atoms with E-state index in [1.807, 2.05) is 6.92 Å². The summed E-state index contributed by atoms with van der Waals surface area (Å²) in [6.45, 7) is 3.61. The van der Waals surface area contributed by atoms with E-state index in [0.717, 1.165) is 23.7 Å². The fourth-order valence-corrected chi connectivity index (χ4v) is 1.37. The average Bonchev–Trinajstić information content (AvgIpc) is 2.21. The summed E-state index contributed by atoms with van der Waals surface area (Å²) in [4.78, 5) is 21.5. The third-order valence-corrected chi connectivity index (χ3v) is 2.42. The molecule has 0 atom stereocenters. The molecule has 0 saturated carbocycles. The monoisotopic (exact) mass is 192 g/mol. The summed E-state index contributed by atoms with van der Waals surface area (Å²) in [6, 6.07) is 1.58. The topological polar surface area (TPSA) is 43.4 Å². The molecule has 0 aliphatic carbocycles. The van der Waals surface area contributed by atoms with Crippen molar-refractivity contribution in [1.82, 2.24) is 0 Å². The van der Waals surface area contributed by atoms with Crippen molar-refractivity contribution in [3.05, 3.63) is 28.3 Å². The molecule has 0 fully saturated rings. The normalized spacial score (nSPS) is 9.64. The molecule has 0 amide bonds. The van der Waals surface area contributed by atoms with Crippen LogP contribution in [-0.4, -0.2) is 19.7 Å². The summed E-state index contributed by atoms with van der Waals surface area (Å²) in [5.41, 5.74) is 2.69. The number of hydrogen-bond donors (Lipinski definition) is 0. The maximum Gasteiger partial charge on any atom is 0.154 e. The van der Waals surface area contributed by atoms with E-state index in [9.17, 15) is 9.59 Å². The molecule has 0 bridgehead atoms. The summed E-state index contributed by atoms with van der Waals surface area (Å²) in [5, 5.41) is 0. The summed E-state index contributed by atoms with van der Waals surface area (Å²) in [5.74, 6) is 0.449. The van der Waals surface area contributed by atoms with Crippen molar-refractivity contribution in [2.75, 3.05) is 7.11 Å². The van der Waals surface area contributed by atoms with E-state index in [-0.39, 0.29) is 0 Å². The van der Waals surface area contributed by atoms with Crippen LogP contribution in [0.4, 0.5) is 0 Å². The fraction of sp³-hybridized carbons (Fsp3) is 0.273. The van der Waals surface area contributed by atoms with Crippen LogP contribution in [0.5, 0.6) is 5.75 Å². The zero-order valence-corrected chi connectivity index (χ0v) is 8.46. The van der Waals surface area contributed by atoms with Crippen LogP contribution >= 0.6 is 0 Å². The second-order valence-electron chi connectivity index (χ2n) is 3.07. The number of ether oxygens (including phenoxy) is 1. The van der Waals surface area contributed by atoms with E-state index in [0.29, 0.717) is 16.9 Å². The third kappa shape index (κ3) is 1.53. The second-order valence-corrected chi connectivity index (χ2v) is 3.07. The quantitative estimate of drug-likeness (QED) is 0.687. The smallest absolute Gasteiger partial charge is 0.154 e. The lowest BCUT2D eigenvalue weighted by Crippen LogP contribution is -2.00. The number of carbonyl (C=O) groups excluding carboxylic acids is 2. The van der Waals surface area contributed by atoms with Crippen molar-refractivity contribution >= 4 is 12.6 Å². The molecule has 74 valence electrons. The highest BCUT2D eigenvalue weighted by molar-refractivity contribution is 5.87. The molecular formula is C11H12O3. The van der Waals surface area contributed by atoms with Gasteiger partial charge in [0.2, 0.25) is 0 Å². The van der Waals surface area contributed by atoms with Crippen LogP contribution < -0.4 is 4.74 Å². The predicted molar refractivity (Wildman–Crippen MR) is 53.2 cm³/mol. The Hall–Kier alpha value is -1.64. The first-order valence-electron chi connectivity index (χ1n) is 4.24. The molecule has 0 unspecified atom stereocenters. The molecule has 1 aromatic carbocycles. The van der Waals surface area contributed by atoms with Crippen molar-refractivity contribution in [2.24, 2.45) is 0 Å². The molecule has 0 aromatic heterocycles. The first-order valence-corrected chi connectivity index (χ1v) is 4.24. The highest BCUT2D eigenvalue weighted by Gasteiger charge is 2.11. The number of aldehydes is 2. The molecule has 3 nitrogen and oxygen atoms in total. The van der Waals surface area contributed by atoms with Gasteiger partial charge >= 0.3 is 0 Å². The molecule has 0 aliphatic heterocycles. The number of methoxy groups -OCH3 is 1. The van der Waals surface area contributed by atoms with Gasteiger partial charge in [0.25, 0.3) is 0 Å². The minimum absolute atomic E-state index is 0.449. The Kier molecular flexibility index (Phi) is 3.02. The molecule has 3 heteroatoms. The number of rotatable bonds is 3. The number of carbonyl (C=O) groups is 2. The van der Waals surface area contributed by atoms with Crippen LogP contribution in [0.2, 0.25) is 0 Å². The van der Waals surface area contributed by atoms with Crippen LogP contribution in [0, 0.1) is 13.8 Å². The molecule has 1 rings (SSSR count). The van der Waals surface area contributed by atoms with Crippen molar-refractivity contribution in [2.45, 2.75) is 13.8 Å². The van der Waals surface area contributed by atoms with Gasteiger partial charge in [-0.2, -0.15) is 0 Å². The van der Waals surface area contributed by atoms with Crippen LogP contribution in [-0.2, 0) is 0 Å². The van der Waals surface area contributed by atoms with Crippen molar-refractivity contribution < 1.29 is 14.3 Å². The van der Waals surface area contributed by atoms with Gasteiger partial charge in [-0.3, -0.25) is 9.59 Å². The summed E-state index contributed by atoms with van der Waals surface area (Å²) < 4.78 is 5.02. The average molecular weight is 192 g/mol. The second kappa shape index (κ2) is 4.05. The molecule has 1 aromatic rings. The molecule has 14 heavy (non-hydrogen) atoms. The van der Waals surface area contributed by atoms with Crippen LogP contribution in [0.25, 0.3) is 0 Å². The number of benzene rings is 1. The van der Waals surface area contributed by atoms with Gasteiger partial charge < -0.3 is 4.74 Å². The Bertz CT molecular complexity index is 381. The van der Waals surface area contributed by atoms with Gasteiger partial charge in [-0.25, -0.2) is 0 Å². The van der Waals surface area contributed by atoms with Crippen LogP contribution in [0.1, 0.15) is 31.8 Å². The van der Waals surface area contributed by atoms with Crippen LogP contribution in [0.15, 0.2) is 6.07 Å². The third-order valence-electron chi connectivity index (χ3n) is 2.42. The van der Waals surface area contributed by atoms with Gasteiger partial charge in [0.1, 0.15) is 12.0 Å². The van der Waals surface area contributed by atoms with Crippen molar-refractivity contribution in [1.29, 1.82) is 0 Å². The summed E-state index contributed by atoms with van der Waals surface area (Å²) in [6.07, 6.45) is 1.51. The van der Waals surface area contributed by atoms with Gasteiger partial charge in [0.05, 0.1) is 12.7 Å². The van der Waals surface area contributed by atoms with Crippen molar-refractivity contribution in [3.63, 3.8) is 0 Å². The van der Waals surface area contributed by atoms with Gasteiger partial charge in [0, 0.05) is 5.56 Å². The van der Waals surface area contributed by atoms with E-state index in [1.165, 1.54) is 7.11 Å². The molecule has 0 spiro atoms. The Labute approximate surface area is 82.7 Å². The van der Waals surface area contributed by atoms with E-state index >= 15 is 0 Å². The van der Waals surface area contributed by atoms with E-state index in [2.05, 4.69) is 0 Å². The Morgan fingerprint density at radius 1 is 1.14 bits per heavy atom. The zero-order valence-electron chi connectivity index (χ0n) is 8.46. The van der Waals surface area contributed by atoms with Gasteiger partial charge in [0.15, 0.2) is 6.29 Å². The van der Waals surface area contributed by atoms with Crippen LogP contribution in [0.3, 0.4) is 0 Å². The first-order chi connectivity index (χ1) is 6.65. The lowest BCUT2D eigenvalue weighted by atomic mass is 9.98.